The van der Waals surface area contributed by atoms with E-state index in [0.717, 1.165) is 17.1 Å². The molecule has 0 N–H and O–H groups in total. The molecule has 4 aromatic carbocycles. The third-order valence-electron chi connectivity index (χ3n) is 6.89. The molecule has 0 bridgehead atoms. The van der Waals surface area contributed by atoms with Gasteiger partial charge < -0.3 is 4.74 Å². The first-order chi connectivity index (χ1) is 17.0. The Morgan fingerprint density at radius 2 is 1.20 bits per heavy atom. The zero-order valence-corrected chi connectivity index (χ0v) is 20.6. The fraction of sp³-hybridized carbons (Fsp3) is 0.118. The molecule has 0 spiro atoms. The molecule has 0 atom stereocenters. The van der Waals surface area contributed by atoms with E-state index in [-0.39, 0.29) is 0 Å². The standard InChI is InChI=1S/C34H30O/c1-5-27(21-18-26(4)35-29-22-16-25(3)17-23-29)34(28-19-14-24(2)15-20-28)32-12-8-6-10-30(32)31-11-7-9-13-33(31)34/h5-23H,1H2,2-4H3/b26-18+,27-21+. The van der Waals surface area contributed by atoms with Crippen molar-refractivity contribution in [3.63, 3.8) is 0 Å². The van der Waals surface area contributed by atoms with E-state index < -0.39 is 5.41 Å². The first-order valence-electron chi connectivity index (χ1n) is 12.1. The smallest absolute Gasteiger partial charge is 0.126 e. The van der Waals surface area contributed by atoms with Crippen LogP contribution in [0.2, 0.25) is 0 Å². The topological polar surface area (TPSA) is 9.23 Å². The largest absolute Gasteiger partial charge is 0.462 e. The monoisotopic (exact) mass is 454 g/mol. The van der Waals surface area contributed by atoms with E-state index in [0.29, 0.717) is 0 Å². The molecule has 0 amide bonds. The van der Waals surface area contributed by atoms with Crippen molar-refractivity contribution in [2.24, 2.45) is 0 Å². The van der Waals surface area contributed by atoms with Gasteiger partial charge in [0.05, 0.1) is 5.41 Å². The van der Waals surface area contributed by atoms with Crippen LogP contribution in [-0.4, -0.2) is 0 Å². The number of hydrogen-bond acceptors (Lipinski definition) is 1. The lowest BCUT2D eigenvalue weighted by atomic mass is 9.67. The maximum atomic E-state index is 6.10. The van der Waals surface area contributed by atoms with Gasteiger partial charge in [-0.05, 0) is 72.4 Å². The van der Waals surface area contributed by atoms with E-state index in [1.165, 1.54) is 38.9 Å². The molecule has 1 nitrogen and oxygen atoms in total. The maximum absolute atomic E-state index is 6.10. The summed E-state index contributed by atoms with van der Waals surface area (Å²) in [5.41, 5.74) is 9.46. The Kier molecular flexibility index (Phi) is 6.01. The van der Waals surface area contributed by atoms with Crippen LogP contribution in [0.25, 0.3) is 11.1 Å². The highest BCUT2D eigenvalue weighted by Gasteiger charge is 2.46. The third-order valence-corrected chi connectivity index (χ3v) is 6.89. The van der Waals surface area contributed by atoms with Gasteiger partial charge in [-0.2, -0.15) is 0 Å². The first kappa shape index (κ1) is 22.7. The normalized spacial score (nSPS) is 14.3. The van der Waals surface area contributed by atoms with Gasteiger partial charge in [-0.15, -0.1) is 0 Å². The Morgan fingerprint density at radius 3 is 1.74 bits per heavy atom. The molecular weight excluding hydrogens is 424 g/mol. The maximum Gasteiger partial charge on any atom is 0.126 e. The summed E-state index contributed by atoms with van der Waals surface area (Å²) in [7, 11) is 0. The number of benzene rings is 4. The van der Waals surface area contributed by atoms with Crippen molar-refractivity contribution in [3.05, 3.63) is 161 Å². The van der Waals surface area contributed by atoms with E-state index in [4.69, 9.17) is 4.74 Å². The highest BCUT2D eigenvalue weighted by atomic mass is 16.5. The summed E-state index contributed by atoms with van der Waals surface area (Å²) in [4.78, 5) is 0. The van der Waals surface area contributed by atoms with Gasteiger partial charge >= 0.3 is 0 Å². The number of rotatable bonds is 6. The summed E-state index contributed by atoms with van der Waals surface area (Å²) in [5, 5.41) is 0. The van der Waals surface area contributed by atoms with Gasteiger partial charge in [-0.25, -0.2) is 0 Å². The Morgan fingerprint density at radius 1 is 0.686 bits per heavy atom. The van der Waals surface area contributed by atoms with Crippen LogP contribution in [0.3, 0.4) is 0 Å². The molecule has 1 aliphatic rings. The predicted molar refractivity (Wildman–Crippen MR) is 147 cm³/mol. The average molecular weight is 455 g/mol. The lowest BCUT2D eigenvalue weighted by Crippen LogP contribution is -2.29. The van der Waals surface area contributed by atoms with Crippen LogP contribution in [0.5, 0.6) is 5.75 Å². The van der Waals surface area contributed by atoms with Crippen LogP contribution < -0.4 is 4.74 Å². The molecule has 0 saturated heterocycles. The first-order valence-corrected chi connectivity index (χ1v) is 12.1. The molecule has 1 aliphatic carbocycles. The molecule has 0 saturated carbocycles. The molecule has 1 heteroatoms. The van der Waals surface area contributed by atoms with Gasteiger partial charge in [0.25, 0.3) is 0 Å². The molecule has 4 aromatic rings. The van der Waals surface area contributed by atoms with Crippen molar-refractivity contribution in [2.75, 3.05) is 0 Å². The summed E-state index contributed by atoms with van der Waals surface area (Å²) in [6.45, 7) is 10.5. The zero-order chi connectivity index (χ0) is 24.4. The van der Waals surface area contributed by atoms with Crippen molar-refractivity contribution in [1.29, 1.82) is 0 Å². The second-order valence-corrected chi connectivity index (χ2v) is 9.23. The number of aryl methyl sites for hydroxylation is 2. The number of ether oxygens (including phenoxy) is 1. The minimum absolute atomic E-state index is 0.455. The SMILES string of the molecule is C=C/C(=C\C=C(/C)Oc1ccc(C)cc1)C1(c2ccc(C)cc2)c2ccccc2-c2ccccc21. The van der Waals surface area contributed by atoms with Crippen LogP contribution in [-0.2, 0) is 5.41 Å². The average Bonchev–Trinajstić information content (AvgIpc) is 3.18. The van der Waals surface area contributed by atoms with E-state index in [2.05, 4.69) is 118 Å². The minimum atomic E-state index is -0.455. The molecule has 35 heavy (non-hydrogen) atoms. The number of fused-ring (bicyclic) bond motifs is 3. The van der Waals surface area contributed by atoms with Crippen molar-refractivity contribution in [2.45, 2.75) is 26.2 Å². The number of hydrogen-bond donors (Lipinski definition) is 0. The molecule has 172 valence electrons. The second-order valence-electron chi connectivity index (χ2n) is 9.23. The van der Waals surface area contributed by atoms with Crippen LogP contribution in [0.4, 0.5) is 0 Å². The fourth-order valence-corrected chi connectivity index (χ4v) is 5.21. The molecule has 0 fully saturated rings. The van der Waals surface area contributed by atoms with Gasteiger partial charge in [0.15, 0.2) is 0 Å². The van der Waals surface area contributed by atoms with Crippen LogP contribution in [0.15, 0.2) is 133 Å². The van der Waals surface area contributed by atoms with E-state index in [1.807, 2.05) is 25.1 Å². The highest BCUT2D eigenvalue weighted by Crippen LogP contribution is 2.56. The highest BCUT2D eigenvalue weighted by molar-refractivity contribution is 5.86. The van der Waals surface area contributed by atoms with Gasteiger partial charge in [0.1, 0.15) is 11.5 Å². The summed E-state index contributed by atoms with van der Waals surface area (Å²) in [6, 6.07) is 34.5. The summed E-state index contributed by atoms with van der Waals surface area (Å²) in [5.74, 6) is 1.66. The van der Waals surface area contributed by atoms with Gasteiger partial charge in [0.2, 0.25) is 0 Å². The lowest BCUT2D eigenvalue weighted by Gasteiger charge is -2.34. The lowest BCUT2D eigenvalue weighted by molar-refractivity contribution is 0.428. The Bertz CT molecular complexity index is 1390. The Hall–Kier alpha value is -4.10. The van der Waals surface area contributed by atoms with Crippen molar-refractivity contribution in [3.8, 4) is 16.9 Å². The summed E-state index contributed by atoms with van der Waals surface area (Å²) in [6.07, 6.45) is 6.21. The van der Waals surface area contributed by atoms with E-state index in [1.54, 1.807) is 0 Å². The molecule has 0 aromatic heterocycles. The van der Waals surface area contributed by atoms with Gasteiger partial charge in [0, 0.05) is 0 Å². The van der Waals surface area contributed by atoms with Crippen molar-refractivity contribution in [1.82, 2.24) is 0 Å². The number of allylic oxidation sites excluding steroid dienone is 5. The fourth-order valence-electron chi connectivity index (χ4n) is 5.21. The third kappa shape index (κ3) is 3.94. The van der Waals surface area contributed by atoms with Gasteiger partial charge in [-0.1, -0.05) is 115 Å². The van der Waals surface area contributed by atoms with Crippen LogP contribution in [0.1, 0.15) is 34.7 Å². The molecule has 0 radical (unpaired) electrons. The molecule has 0 unspecified atom stereocenters. The van der Waals surface area contributed by atoms with Crippen LogP contribution >= 0.6 is 0 Å². The molecular formula is C34H30O. The van der Waals surface area contributed by atoms with Crippen molar-refractivity contribution < 1.29 is 4.74 Å². The molecule has 0 aliphatic heterocycles. The van der Waals surface area contributed by atoms with E-state index in [9.17, 15) is 0 Å². The van der Waals surface area contributed by atoms with Crippen molar-refractivity contribution >= 4 is 0 Å². The van der Waals surface area contributed by atoms with E-state index >= 15 is 0 Å². The predicted octanol–water partition coefficient (Wildman–Crippen LogP) is 8.71. The zero-order valence-electron chi connectivity index (χ0n) is 20.6. The Labute approximate surface area is 208 Å². The summed E-state index contributed by atoms with van der Waals surface area (Å²) < 4.78 is 6.10. The van der Waals surface area contributed by atoms with Gasteiger partial charge in [-0.3, -0.25) is 0 Å². The Balaban J connectivity index is 1.70. The quantitative estimate of drug-likeness (QED) is 0.209. The molecule has 5 rings (SSSR count). The second kappa shape index (κ2) is 9.27. The molecule has 0 heterocycles. The van der Waals surface area contributed by atoms with Crippen LogP contribution in [0, 0.1) is 13.8 Å². The minimum Gasteiger partial charge on any atom is -0.462 e. The summed E-state index contributed by atoms with van der Waals surface area (Å²) >= 11 is 0.